The number of aromatic carboxylic acids is 1. The topological polar surface area (TPSA) is 124 Å². The van der Waals surface area contributed by atoms with Crippen LogP contribution in [0, 0.1) is 0 Å². The van der Waals surface area contributed by atoms with E-state index in [4.69, 9.17) is 47.1 Å². The molecule has 0 amide bonds. The first kappa shape index (κ1) is 25.7. The van der Waals surface area contributed by atoms with Gasteiger partial charge in [0.25, 0.3) is 0 Å². The third-order valence-corrected chi connectivity index (χ3v) is 9.42. The van der Waals surface area contributed by atoms with Gasteiger partial charge in [-0.15, -0.1) is 0 Å². The molecule has 4 aliphatic carbocycles. The van der Waals surface area contributed by atoms with E-state index in [2.05, 4.69) is 15.3 Å². The maximum Gasteiger partial charge on any atom is 0.354 e. The molecule has 4 fully saturated rings. The van der Waals surface area contributed by atoms with Crippen LogP contribution in [0.15, 0.2) is 45.6 Å². The van der Waals surface area contributed by atoms with E-state index in [9.17, 15) is 4.79 Å². The van der Waals surface area contributed by atoms with Gasteiger partial charge in [-0.2, -0.15) is 4.98 Å². The summed E-state index contributed by atoms with van der Waals surface area (Å²) in [5.41, 5.74) is 2.47. The Morgan fingerprint density at radius 1 is 1.00 bits per heavy atom. The number of hydrogen-bond donors (Lipinski definition) is 1. The average Bonchev–Trinajstić information content (AvgIpc) is 3.53. The number of ether oxygens (including phenoxy) is 1. The van der Waals surface area contributed by atoms with Gasteiger partial charge in [0.1, 0.15) is 17.1 Å². The SMILES string of the molecule is O=C(O)c1ccc(-c2noc(C34CCC(OCc5c(-c6c(Cl)cccc6Cl)noc5C5CC5)(CC3)CC4)n2)cn1. The summed E-state index contributed by atoms with van der Waals surface area (Å²) in [6.45, 7) is 0.392. The molecule has 11 heteroatoms. The monoisotopic (exact) mass is 580 g/mol. The Bertz CT molecular complexity index is 1550. The van der Waals surface area contributed by atoms with Crippen molar-refractivity contribution in [1.29, 1.82) is 0 Å². The van der Waals surface area contributed by atoms with Crippen molar-refractivity contribution >= 4 is 29.2 Å². The Morgan fingerprint density at radius 2 is 1.73 bits per heavy atom. The second-order valence-electron chi connectivity index (χ2n) is 11.2. The first-order valence-electron chi connectivity index (χ1n) is 13.5. The second kappa shape index (κ2) is 9.68. The highest BCUT2D eigenvalue weighted by atomic mass is 35.5. The van der Waals surface area contributed by atoms with Crippen molar-refractivity contribution < 1.29 is 23.7 Å². The van der Waals surface area contributed by atoms with Crippen LogP contribution >= 0.6 is 23.2 Å². The lowest BCUT2D eigenvalue weighted by Gasteiger charge is -2.51. The quantitative estimate of drug-likeness (QED) is 0.229. The summed E-state index contributed by atoms with van der Waals surface area (Å²) in [6.07, 6.45) is 8.91. The summed E-state index contributed by atoms with van der Waals surface area (Å²) in [6, 6.07) is 8.52. The summed E-state index contributed by atoms with van der Waals surface area (Å²) < 4.78 is 18.3. The summed E-state index contributed by atoms with van der Waals surface area (Å²) >= 11 is 13.1. The van der Waals surface area contributed by atoms with Gasteiger partial charge in [0.2, 0.25) is 11.7 Å². The number of hydrogen-bond acceptors (Lipinski definition) is 8. The van der Waals surface area contributed by atoms with Crippen LogP contribution in [0.5, 0.6) is 0 Å². The lowest BCUT2D eigenvalue weighted by Crippen LogP contribution is -2.49. The Labute approximate surface area is 239 Å². The minimum atomic E-state index is -1.08. The second-order valence-corrected chi connectivity index (χ2v) is 12.0. The number of fused-ring (bicyclic) bond motifs is 3. The smallest absolute Gasteiger partial charge is 0.354 e. The van der Waals surface area contributed by atoms with Crippen molar-refractivity contribution in [2.24, 2.45) is 0 Å². The number of rotatable bonds is 8. The highest BCUT2D eigenvalue weighted by molar-refractivity contribution is 6.39. The molecule has 40 heavy (non-hydrogen) atoms. The van der Waals surface area contributed by atoms with Crippen molar-refractivity contribution in [2.45, 2.75) is 74.9 Å². The molecular weight excluding hydrogens is 555 g/mol. The van der Waals surface area contributed by atoms with Crippen LogP contribution < -0.4 is 0 Å². The molecule has 4 aliphatic rings. The number of pyridine rings is 1. The summed E-state index contributed by atoms with van der Waals surface area (Å²) in [5, 5.41) is 18.7. The zero-order valence-corrected chi connectivity index (χ0v) is 23.0. The van der Waals surface area contributed by atoms with Gasteiger partial charge >= 0.3 is 5.97 Å². The Morgan fingerprint density at radius 3 is 2.35 bits per heavy atom. The molecule has 206 valence electrons. The largest absolute Gasteiger partial charge is 0.477 e. The number of carboxylic acid groups (broad SMARTS) is 1. The molecule has 4 saturated carbocycles. The molecule has 0 unspecified atom stereocenters. The molecule has 0 saturated heterocycles. The predicted octanol–water partition coefficient (Wildman–Crippen LogP) is 7.23. The summed E-state index contributed by atoms with van der Waals surface area (Å²) in [4.78, 5) is 19.8. The molecule has 1 aromatic carbocycles. The minimum absolute atomic E-state index is 0.0282. The minimum Gasteiger partial charge on any atom is -0.477 e. The van der Waals surface area contributed by atoms with Gasteiger partial charge in [-0.3, -0.25) is 0 Å². The predicted molar refractivity (Wildman–Crippen MR) is 145 cm³/mol. The van der Waals surface area contributed by atoms with Gasteiger partial charge < -0.3 is 18.9 Å². The van der Waals surface area contributed by atoms with E-state index in [1.165, 1.54) is 12.3 Å². The van der Waals surface area contributed by atoms with E-state index < -0.39 is 5.97 Å². The number of carboxylic acids is 1. The Balaban J connectivity index is 1.08. The van der Waals surface area contributed by atoms with Gasteiger partial charge in [-0.25, -0.2) is 9.78 Å². The zero-order valence-electron chi connectivity index (χ0n) is 21.5. The normalized spacial score (nSPS) is 23.9. The van der Waals surface area contributed by atoms with Crippen molar-refractivity contribution in [3.8, 4) is 22.6 Å². The fourth-order valence-corrected chi connectivity index (χ4v) is 6.75. The van der Waals surface area contributed by atoms with Crippen LogP contribution in [0.3, 0.4) is 0 Å². The molecule has 0 aliphatic heterocycles. The van der Waals surface area contributed by atoms with Crippen LogP contribution in [0.4, 0.5) is 0 Å². The van der Waals surface area contributed by atoms with E-state index in [1.807, 2.05) is 18.2 Å². The third kappa shape index (κ3) is 4.40. The number of halogens is 2. The maximum atomic E-state index is 11.1. The van der Waals surface area contributed by atoms with Gasteiger partial charge in [0.15, 0.2) is 0 Å². The maximum absolute atomic E-state index is 11.1. The van der Waals surface area contributed by atoms with E-state index in [0.717, 1.165) is 62.7 Å². The zero-order chi connectivity index (χ0) is 27.5. The molecule has 2 bridgehead atoms. The summed E-state index contributed by atoms with van der Waals surface area (Å²) in [5.74, 6) is 1.21. The van der Waals surface area contributed by atoms with Gasteiger partial charge in [0.05, 0.1) is 27.7 Å². The average molecular weight is 581 g/mol. The molecule has 1 N–H and O–H groups in total. The number of nitrogens with zero attached hydrogens (tertiary/aromatic N) is 4. The van der Waals surface area contributed by atoms with Crippen molar-refractivity contribution in [3.05, 3.63) is 69.5 Å². The fraction of sp³-hybridized carbons (Fsp3) is 0.414. The molecule has 0 atom stereocenters. The molecule has 0 radical (unpaired) electrons. The van der Waals surface area contributed by atoms with Crippen molar-refractivity contribution in [2.75, 3.05) is 0 Å². The van der Waals surface area contributed by atoms with Crippen LogP contribution in [0.25, 0.3) is 22.6 Å². The highest BCUT2D eigenvalue weighted by Crippen LogP contribution is 2.55. The number of aromatic nitrogens is 4. The summed E-state index contributed by atoms with van der Waals surface area (Å²) in [7, 11) is 0. The molecule has 8 rings (SSSR count). The fourth-order valence-electron chi connectivity index (χ4n) is 6.17. The number of benzene rings is 1. The van der Waals surface area contributed by atoms with E-state index in [0.29, 0.717) is 51.1 Å². The first-order chi connectivity index (χ1) is 19.4. The van der Waals surface area contributed by atoms with E-state index in [-0.39, 0.29) is 16.7 Å². The number of carbonyl (C=O) groups is 1. The van der Waals surface area contributed by atoms with Gasteiger partial charge in [-0.1, -0.05) is 39.6 Å². The standard InChI is InChI=1S/C29H26Cl2N4O5/c30-19-2-1-3-20(31)22(19)23-18(24(39-34-23)16-4-5-16)15-38-29-11-8-28(9-12-29,10-13-29)27-33-25(35-40-27)17-6-7-21(26(36)37)32-14-17/h1-3,6-7,14,16H,4-5,8-13,15H2,(H,36,37). The molecule has 4 aromatic rings. The Kier molecular flexibility index (Phi) is 6.21. The first-order valence-corrected chi connectivity index (χ1v) is 14.2. The van der Waals surface area contributed by atoms with Gasteiger partial charge in [0, 0.05) is 28.8 Å². The molecule has 3 heterocycles. The van der Waals surface area contributed by atoms with Crippen LogP contribution in [-0.4, -0.2) is 37.0 Å². The van der Waals surface area contributed by atoms with E-state index >= 15 is 0 Å². The van der Waals surface area contributed by atoms with Crippen molar-refractivity contribution in [3.63, 3.8) is 0 Å². The molecular formula is C29H26Cl2N4O5. The highest BCUT2D eigenvalue weighted by Gasteiger charge is 2.53. The molecule has 9 nitrogen and oxygen atoms in total. The van der Waals surface area contributed by atoms with Crippen LogP contribution in [-0.2, 0) is 16.8 Å². The Hall–Kier alpha value is -3.27. The molecule has 0 spiro atoms. The van der Waals surface area contributed by atoms with Gasteiger partial charge in [-0.05, 0) is 75.6 Å². The third-order valence-electron chi connectivity index (χ3n) is 8.79. The van der Waals surface area contributed by atoms with Crippen LogP contribution in [0.1, 0.15) is 85.0 Å². The molecule has 3 aromatic heterocycles. The lowest BCUT2D eigenvalue weighted by atomic mass is 9.58. The lowest BCUT2D eigenvalue weighted by molar-refractivity contribution is -0.130. The van der Waals surface area contributed by atoms with Crippen LogP contribution in [0.2, 0.25) is 10.0 Å². The van der Waals surface area contributed by atoms with Crippen molar-refractivity contribution in [1.82, 2.24) is 20.3 Å². The van der Waals surface area contributed by atoms with E-state index in [1.54, 1.807) is 6.07 Å².